The van der Waals surface area contributed by atoms with E-state index in [2.05, 4.69) is 14.8 Å². The second-order valence-corrected chi connectivity index (χ2v) is 2.26. The number of ether oxygens (including phenoxy) is 2. The van der Waals surface area contributed by atoms with Gasteiger partial charge in [-0.1, -0.05) is 0 Å². The zero-order chi connectivity index (χ0) is 9.56. The van der Waals surface area contributed by atoms with E-state index in [0.29, 0.717) is 0 Å². The first kappa shape index (κ1) is 10.7. The number of carbonyl (C=O) groups is 2. The summed E-state index contributed by atoms with van der Waals surface area (Å²) in [6.45, 7) is 1.62. The topological polar surface area (TPSA) is 64.6 Å². The van der Waals surface area contributed by atoms with Crippen molar-refractivity contribution < 1.29 is 19.1 Å². The molecule has 0 spiro atoms. The monoisotopic (exact) mass is 175 g/mol. The molecule has 1 unspecified atom stereocenters. The first-order valence-corrected chi connectivity index (χ1v) is 3.55. The Bertz CT molecular complexity index is 151. The highest BCUT2D eigenvalue weighted by Gasteiger charge is 2.12. The lowest BCUT2D eigenvalue weighted by molar-refractivity contribution is -0.122. The molecule has 0 saturated carbocycles. The molecule has 0 saturated heterocycles. The van der Waals surface area contributed by atoms with E-state index in [1.54, 1.807) is 6.92 Å². The van der Waals surface area contributed by atoms with E-state index in [1.807, 2.05) is 0 Å². The van der Waals surface area contributed by atoms with Crippen LogP contribution in [0.3, 0.4) is 0 Å². The lowest BCUT2D eigenvalue weighted by atomic mass is 10.3. The predicted octanol–water partition coefficient (Wildman–Crippen LogP) is 0.294. The highest BCUT2D eigenvalue weighted by molar-refractivity contribution is 5.76. The molecule has 0 aliphatic carbocycles. The summed E-state index contributed by atoms with van der Waals surface area (Å²) in [6.07, 6.45) is -1.09. The van der Waals surface area contributed by atoms with Crippen LogP contribution in [0.1, 0.15) is 13.3 Å². The minimum atomic E-state index is -0.772. The summed E-state index contributed by atoms with van der Waals surface area (Å²) < 4.78 is 8.89. The molecule has 70 valence electrons. The van der Waals surface area contributed by atoms with Gasteiger partial charge in [0.05, 0.1) is 13.5 Å². The van der Waals surface area contributed by atoms with Crippen LogP contribution >= 0.6 is 0 Å². The van der Waals surface area contributed by atoms with Gasteiger partial charge in [-0.3, -0.25) is 4.79 Å². The van der Waals surface area contributed by atoms with Gasteiger partial charge in [0.2, 0.25) is 5.91 Å². The van der Waals surface area contributed by atoms with E-state index in [-0.39, 0.29) is 12.3 Å². The fourth-order valence-corrected chi connectivity index (χ4v) is 0.617. The Hall–Kier alpha value is -1.26. The van der Waals surface area contributed by atoms with Crippen LogP contribution in [-0.4, -0.2) is 32.3 Å². The molecule has 0 radical (unpaired) electrons. The fourth-order valence-electron chi connectivity index (χ4n) is 0.617. The van der Waals surface area contributed by atoms with Crippen LogP contribution < -0.4 is 5.32 Å². The van der Waals surface area contributed by atoms with Crippen LogP contribution in [0.2, 0.25) is 0 Å². The van der Waals surface area contributed by atoms with Gasteiger partial charge in [-0.2, -0.15) is 0 Å². The number of amides is 1. The molecule has 0 rings (SSSR count). The first-order chi connectivity index (χ1) is 5.60. The van der Waals surface area contributed by atoms with Crippen molar-refractivity contribution in [1.82, 2.24) is 5.32 Å². The molecule has 0 aromatic rings. The minimum absolute atomic E-state index is 0.144. The third kappa shape index (κ3) is 4.54. The second kappa shape index (κ2) is 5.40. The molecule has 1 N–H and O–H groups in total. The van der Waals surface area contributed by atoms with Crippen molar-refractivity contribution in [3.8, 4) is 0 Å². The predicted molar refractivity (Wildman–Crippen MR) is 41.6 cm³/mol. The van der Waals surface area contributed by atoms with Gasteiger partial charge in [0.15, 0.2) is 0 Å². The summed E-state index contributed by atoms with van der Waals surface area (Å²) in [7, 11) is 2.74. The average molecular weight is 175 g/mol. The smallest absolute Gasteiger partial charge is 0.438 e. The largest absolute Gasteiger partial charge is 0.508 e. The van der Waals surface area contributed by atoms with Gasteiger partial charge in [-0.05, 0) is 6.92 Å². The molecule has 12 heavy (non-hydrogen) atoms. The van der Waals surface area contributed by atoms with Gasteiger partial charge in [0.25, 0.3) is 0 Å². The lowest BCUT2D eigenvalue weighted by Crippen LogP contribution is -2.25. The first-order valence-electron chi connectivity index (χ1n) is 3.55. The summed E-state index contributed by atoms with van der Waals surface area (Å²) in [5.74, 6) is -0.175. The molecule has 0 bridgehead atoms. The Balaban J connectivity index is 3.66. The van der Waals surface area contributed by atoms with Gasteiger partial charge in [-0.15, -0.1) is 0 Å². The van der Waals surface area contributed by atoms with Crippen molar-refractivity contribution in [2.45, 2.75) is 19.4 Å². The zero-order valence-corrected chi connectivity index (χ0v) is 7.42. The number of nitrogens with one attached hydrogen (secondary N) is 1. The van der Waals surface area contributed by atoms with E-state index in [0.717, 1.165) is 0 Å². The molecular weight excluding hydrogens is 162 g/mol. The molecule has 0 aromatic heterocycles. The van der Waals surface area contributed by atoms with Crippen LogP contribution in [0, 0.1) is 0 Å². The lowest BCUT2D eigenvalue weighted by Gasteiger charge is -2.10. The van der Waals surface area contributed by atoms with Gasteiger partial charge < -0.3 is 14.8 Å². The van der Waals surface area contributed by atoms with Gasteiger partial charge in [0, 0.05) is 7.05 Å². The fraction of sp³-hybridized carbons (Fsp3) is 0.714. The maximum absolute atomic E-state index is 10.7. The van der Waals surface area contributed by atoms with Crippen molar-refractivity contribution in [1.29, 1.82) is 0 Å². The zero-order valence-electron chi connectivity index (χ0n) is 7.42. The molecule has 0 aliphatic heterocycles. The van der Waals surface area contributed by atoms with Crippen LogP contribution in [-0.2, 0) is 14.3 Å². The molecule has 5 heteroatoms. The molecule has 0 aromatic carbocycles. The summed E-state index contributed by atoms with van der Waals surface area (Å²) in [5.41, 5.74) is 0. The highest BCUT2D eigenvalue weighted by Crippen LogP contribution is 1.98. The van der Waals surface area contributed by atoms with Gasteiger partial charge in [-0.25, -0.2) is 4.79 Å². The normalized spacial score (nSPS) is 11.6. The molecular formula is C7H13NO4. The Labute approximate surface area is 71.0 Å². The molecule has 0 heterocycles. The van der Waals surface area contributed by atoms with Crippen LogP contribution in [0.5, 0.6) is 0 Å². The van der Waals surface area contributed by atoms with Crippen LogP contribution in [0.25, 0.3) is 0 Å². The van der Waals surface area contributed by atoms with E-state index < -0.39 is 12.3 Å². The molecule has 0 aliphatic rings. The maximum atomic E-state index is 10.7. The van der Waals surface area contributed by atoms with Gasteiger partial charge in [0.1, 0.15) is 6.10 Å². The van der Waals surface area contributed by atoms with Crippen molar-refractivity contribution >= 4 is 12.1 Å². The Morgan fingerprint density at radius 3 is 2.50 bits per heavy atom. The van der Waals surface area contributed by atoms with E-state index in [9.17, 15) is 9.59 Å². The number of hydrogen-bond acceptors (Lipinski definition) is 4. The number of rotatable bonds is 3. The van der Waals surface area contributed by atoms with Crippen molar-refractivity contribution in [2.75, 3.05) is 14.2 Å². The summed E-state index contributed by atoms with van der Waals surface area (Å²) in [6, 6.07) is 0. The minimum Gasteiger partial charge on any atom is -0.438 e. The molecule has 1 atom stereocenters. The Morgan fingerprint density at radius 1 is 1.50 bits per heavy atom. The Kier molecular flexibility index (Phi) is 4.83. The standard InChI is InChI=1S/C7H13NO4/c1-5(4-6(9)8-2)12-7(10)11-3/h5H,4H2,1-3H3,(H,8,9). The highest BCUT2D eigenvalue weighted by atomic mass is 16.7. The quantitative estimate of drug-likeness (QED) is 0.626. The van der Waals surface area contributed by atoms with Crippen molar-refractivity contribution in [3.05, 3.63) is 0 Å². The van der Waals surface area contributed by atoms with Crippen LogP contribution in [0.4, 0.5) is 4.79 Å². The summed E-state index contributed by atoms with van der Waals surface area (Å²) >= 11 is 0. The summed E-state index contributed by atoms with van der Waals surface area (Å²) in [5, 5.41) is 2.42. The van der Waals surface area contributed by atoms with Crippen molar-refractivity contribution in [3.63, 3.8) is 0 Å². The molecule has 5 nitrogen and oxygen atoms in total. The molecule has 0 fully saturated rings. The van der Waals surface area contributed by atoms with E-state index in [4.69, 9.17) is 0 Å². The van der Waals surface area contributed by atoms with Gasteiger partial charge >= 0.3 is 6.16 Å². The van der Waals surface area contributed by atoms with Crippen molar-refractivity contribution in [2.24, 2.45) is 0 Å². The summed E-state index contributed by atoms with van der Waals surface area (Å²) in [4.78, 5) is 21.3. The second-order valence-electron chi connectivity index (χ2n) is 2.26. The molecule has 1 amide bonds. The van der Waals surface area contributed by atoms with Crippen LogP contribution in [0.15, 0.2) is 0 Å². The number of hydrogen-bond donors (Lipinski definition) is 1. The third-order valence-electron chi connectivity index (χ3n) is 1.22. The van der Waals surface area contributed by atoms with E-state index in [1.165, 1.54) is 14.2 Å². The average Bonchev–Trinajstić information content (AvgIpc) is 2.03. The number of methoxy groups -OCH3 is 1. The van der Waals surface area contributed by atoms with E-state index >= 15 is 0 Å². The third-order valence-corrected chi connectivity index (χ3v) is 1.22. The number of carbonyl (C=O) groups excluding carboxylic acids is 2. The SMILES string of the molecule is CNC(=O)CC(C)OC(=O)OC. The Morgan fingerprint density at radius 2 is 2.08 bits per heavy atom. The maximum Gasteiger partial charge on any atom is 0.508 e.